The molecular formula is C16H28N2O. The summed E-state index contributed by atoms with van der Waals surface area (Å²) in [6.07, 6.45) is 10.8. The van der Waals surface area contributed by atoms with Gasteiger partial charge in [-0.25, -0.2) is 0 Å². The van der Waals surface area contributed by atoms with Gasteiger partial charge in [0.15, 0.2) is 0 Å². The summed E-state index contributed by atoms with van der Waals surface area (Å²) in [5.41, 5.74) is 0.270. The van der Waals surface area contributed by atoms with Crippen molar-refractivity contribution in [3.63, 3.8) is 0 Å². The van der Waals surface area contributed by atoms with Crippen molar-refractivity contribution in [2.24, 2.45) is 5.92 Å². The standard InChI is InChI=1S/C16H28N2O/c1-2-6-16(7-3-1)10-14(5-9-19-16)18-11-13-4-8-17-15(13)12-18/h13-15,17H,1-12H2/t13-,14?,15+/m0/s1. The molecule has 4 rings (SSSR count). The van der Waals surface area contributed by atoms with Crippen molar-refractivity contribution in [1.29, 1.82) is 0 Å². The number of hydrogen-bond donors (Lipinski definition) is 1. The number of ether oxygens (including phenoxy) is 1. The molecule has 0 bridgehead atoms. The molecule has 3 heteroatoms. The first-order chi connectivity index (χ1) is 9.35. The molecule has 1 spiro atoms. The number of nitrogens with zero attached hydrogens (tertiary/aromatic N) is 1. The van der Waals surface area contributed by atoms with Crippen LogP contribution in [-0.4, -0.2) is 48.8 Å². The lowest BCUT2D eigenvalue weighted by molar-refractivity contribution is -0.122. The first kappa shape index (κ1) is 12.6. The van der Waals surface area contributed by atoms with E-state index in [9.17, 15) is 0 Å². The van der Waals surface area contributed by atoms with E-state index in [1.807, 2.05) is 0 Å². The lowest BCUT2D eigenvalue weighted by Crippen LogP contribution is -2.49. The summed E-state index contributed by atoms with van der Waals surface area (Å²) in [5, 5.41) is 3.69. The van der Waals surface area contributed by atoms with Gasteiger partial charge in [0.2, 0.25) is 0 Å². The lowest BCUT2D eigenvalue weighted by Gasteiger charge is -2.46. The molecule has 3 heterocycles. The third-order valence-electron chi connectivity index (χ3n) is 6.14. The summed E-state index contributed by atoms with van der Waals surface area (Å²) in [7, 11) is 0. The highest BCUT2D eigenvalue weighted by atomic mass is 16.5. The van der Waals surface area contributed by atoms with E-state index in [0.29, 0.717) is 0 Å². The maximum absolute atomic E-state index is 6.25. The number of likely N-dealkylation sites (tertiary alicyclic amines) is 1. The highest BCUT2D eigenvalue weighted by Gasteiger charge is 2.44. The Morgan fingerprint density at radius 2 is 1.95 bits per heavy atom. The predicted octanol–water partition coefficient (Wildman–Crippen LogP) is 2.16. The minimum atomic E-state index is 0.270. The van der Waals surface area contributed by atoms with Crippen molar-refractivity contribution in [2.75, 3.05) is 26.2 Å². The summed E-state index contributed by atoms with van der Waals surface area (Å²) < 4.78 is 6.25. The molecule has 1 N–H and O–H groups in total. The second-order valence-corrected chi connectivity index (χ2v) is 7.30. The Hall–Kier alpha value is -0.120. The van der Waals surface area contributed by atoms with Crippen LogP contribution in [0.25, 0.3) is 0 Å². The van der Waals surface area contributed by atoms with Crippen molar-refractivity contribution in [2.45, 2.75) is 69.1 Å². The highest BCUT2D eigenvalue weighted by Crippen LogP contribution is 2.41. The zero-order valence-corrected chi connectivity index (χ0v) is 12.1. The van der Waals surface area contributed by atoms with Crippen LogP contribution in [0.2, 0.25) is 0 Å². The van der Waals surface area contributed by atoms with Gasteiger partial charge in [-0.15, -0.1) is 0 Å². The van der Waals surface area contributed by atoms with E-state index in [1.54, 1.807) is 0 Å². The fraction of sp³-hybridized carbons (Fsp3) is 1.00. The van der Waals surface area contributed by atoms with Crippen LogP contribution in [-0.2, 0) is 4.74 Å². The molecule has 3 aliphatic heterocycles. The number of hydrogen-bond acceptors (Lipinski definition) is 3. The Morgan fingerprint density at radius 3 is 2.79 bits per heavy atom. The van der Waals surface area contributed by atoms with Crippen LogP contribution in [0.5, 0.6) is 0 Å². The second-order valence-electron chi connectivity index (χ2n) is 7.30. The Morgan fingerprint density at radius 1 is 1.05 bits per heavy atom. The first-order valence-corrected chi connectivity index (χ1v) is 8.46. The lowest BCUT2D eigenvalue weighted by atomic mass is 9.78. The van der Waals surface area contributed by atoms with Gasteiger partial charge in [-0.1, -0.05) is 19.3 Å². The summed E-state index contributed by atoms with van der Waals surface area (Å²) in [5.74, 6) is 0.935. The molecule has 3 atom stereocenters. The topological polar surface area (TPSA) is 24.5 Å². The van der Waals surface area contributed by atoms with Gasteiger partial charge in [-0.3, -0.25) is 4.90 Å². The Bertz CT molecular complexity index is 309. The molecule has 1 aliphatic carbocycles. The molecule has 108 valence electrons. The van der Waals surface area contributed by atoms with Crippen LogP contribution in [0.4, 0.5) is 0 Å². The fourth-order valence-corrected chi connectivity index (χ4v) is 5.04. The number of nitrogens with one attached hydrogen (secondary N) is 1. The van der Waals surface area contributed by atoms with Gasteiger partial charge >= 0.3 is 0 Å². The third-order valence-corrected chi connectivity index (χ3v) is 6.14. The van der Waals surface area contributed by atoms with Crippen LogP contribution in [0, 0.1) is 5.92 Å². The average Bonchev–Trinajstić information content (AvgIpc) is 3.00. The van der Waals surface area contributed by atoms with E-state index < -0.39 is 0 Å². The molecule has 0 aromatic heterocycles. The SMILES string of the molecule is C1CCC2(CC1)CC(N1C[C@@H]3CCN[C@@H]3C1)CCO2. The molecule has 3 nitrogen and oxygen atoms in total. The van der Waals surface area contributed by atoms with Gasteiger partial charge in [-0.05, 0) is 44.6 Å². The van der Waals surface area contributed by atoms with Crippen LogP contribution < -0.4 is 5.32 Å². The molecule has 1 saturated carbocycles. The summed E-state index contributed by atoms with van der Waals surface area (Å²) in [6, 6.07) is 1.60. The minimum absolute atomic E-state index is 0.270. The molecule has 19 heavy (non-hydrogen) atoms. The van der Waals surface area contributed by atoms with Crippen molar-refractivity contribution in [1.82, 2.24) is 10.2 Å². The van der Waals surface area contributed by atoms with Crippen molar-refractivity contribution >= 4 is 0 Å². The zero-order chi connectivity index (χ0) is 12.7. The third kappa shape index (κ3) is 2.34. The Balaban J connectivity index is 1.41. The summed E-state index contributed by atoms with van der Waals surface area (Å²) >= 11 is 0. The quantitative estimate of drug-likeness (QED) is 0.785. The van der Waals surface area contributed by atoms with E-state index in [0.717, 1.165) is 24.6 Å². The van der Waals surface area contributed by atoms with Gasteiger partial charge in [0.1, 0.15) is 0 Å². The van der Waals surface area contributed by atoms with Crippen molar-refractivity contribution in [3.05, 3.63) is 0 Å². The molecule has 3 saturated heterocycles. The Labute approximate surface area is 117 Å². The van der Waals surface area contributed by atoms with Gasteiger partial charge in [0, 0.05) is 31.8 Å². The Kier molecular flexibility index (Phi) is 3.33. The molecule has 1 unspecified atom stereocenters. The molecule has 0 radical (unpaired) electrons. The number of fused-ring (bicyclic) bond motifs is 1. The van der Waals surface area contributed by atoms with Gasteiger partial charge < -0.3 is 10.1 Å². The van der Waals surface area contributed by atoms with Crippen LogP contribution in [0.1, 0.15) is 51.4 Å². The van der Waals surface area contributed by atoms with Crippen molar-refractivity contribution in [3.8, 4) is 0 Å². The average molecular weight is 264 g/mol. The minimum Gasteiger partial charge on any atom is -0.375 e. The molecule has 0 aromatic carbocycles. The summed E-state index contributed by atoms with van der Waals surface area (Å²) in [4.78, 5) is 2.79. The maximum Gasteiger partial charge on any atom is 0.0697 e. The van der Waals surface area contributed by atoms with E-state index in [1.165, 1.54) is 71.0 Å². The molecular weight excluding hydrogens is 236 g/mol. The van der Waals surface area contributed by atoms with Gasteiger partial charge in [0.25, 0.3) is 0 Å². The van der Waals surface area contributed by atoms with E-state index in [2.05, 4.69) is 10.2 Å². The van der Waals surface area contributed by atoms with Crippen LogP contribution >= 0.6 is 0 Å². The van der Waals surface area contributed by atoms with Crippen LogP contribution in [0.15, 0.2) is 0 Å². The normalized spacial score (nSPS) is 42.6. The van der Waals surface area contributed by atoms with Gasteiger partial charge in [-0.2, -0.15) is 0 Å². The second kappa shape index (κ2) is 5.01. The molecule has 0 amide bonds. The van der Waals surface area contributed by atoms with Gasteiger partial charge in [0.05, 0.1) is 5.60 Å². The summed E-state index contributed by atoms with van der Waals surface area (Å²) in [6.45, 7) is 4.90. The van der Waals surface area contributed by atoms with E-state index >= 15 is 0 Å². The number of rotatable bonds is 1. The fourth-order valence-electron chi connectivity index (χ4n) is 5.04. The molecule has 4 aliphatic rings. The monoisotopic (exact) mass is 264 g/mol. The van der Waals surface area contributed by atoms with E-state index in [4.69, 9.17) is 4.74 Å². The molecule has 4 fully saturated rings. The van der Waals surface area contributed by atoms with Crippen molar-refractivity contribution < 1.29 is 4.74 Å². The molecule has 0 aromatic rings. The predicted molar refractivity (Wildman–Crippen MR) is 76.3 cm³/mol. The maximum atomic E-state index is 6.25. The largest absolute Gasteiger partial charge is 0.375 e. The van der Waals surface area contributed by atoms with E-state index in [-0.39, 0.29) is 5.60 Å². The van der Waals surface area contributed by atoms with Crippen LogP contribution in [0.3, 0.4) is 0 Å². The smallest absolute Gasteiger partial charge is 0.0697 e. The highest BCUT2D eigenvalue weighted by molar-refractivity contribution is 4.99. The zero-order valence-electron chi connectivity index (χ0n) is 12.1. The first-order valence-electron chi connectivity index (χ1n) is 8.46.